The second-order valence-corrected chi connectivity index (χ2v) is 6.82. The molecule has 0 aliphatic heterocycles. The van der Waals surface area contributed by atoms with Crippen LogP contribution in [0, 0.1) is 0 Å². The van der Waals surface area contributed by atoms with Crippen LogP contribution in [-0.2, 0) is 14.8 Å². The molecule has 1 amide bonds. The van der Waals surface area contributed by atoms with Gasteiger partial charge in [0.2, 0.25) is 0 Å². The zero-order chi connectivity index (χ0) is 16.1. The summed E-state index contributed by atoms with van der Waals surface area (Å²) in [6.07, 6.45) is -0.878. The van der Waals surface area contributed by atoms with Gasteiger partial charge in [0.05, 0.1) is 11.5 Å². The topological polar surface area (TPSA) is 93.7 Å². The SMILES string of the molecule is CCOc1ccc(S(=O)(=O)NNC(=O)OC(C)(C)C)cc1. The molecule has 0 atom stereocenters. The third kappa shape index (κ3) is 6.01. The molecule has 2 N–H and O–H groups in total. The summed E-state index contributed by atoms with van der Waals surface area (Å²) in [6, 6.07) is 5.82. The Morgan fingerprint density at radius 1 is 1.19 bits per heavy atom. The van der Waals surface area contributed by atoms with Crippen LogP contribution in [0.5, 0.6) is 5.75 Å². The van der Waals surface area contributed by atoms with Crippen LogP contribution in [0.2, 0.25) is 0 Å². The van der Waals surface area contributed by atoms with E-state index in [0.29, 0.717) is 12.4 Å². The van der Waals surface area contributed by atoms with E-state index in [2.05, 4.69) is 0 Å². The molecule has 7 nitrogen and oxygen atoms in total. The summed E-state index contributed by atoms with van der Waals surface area (Å²) in [7, 11) is -3.86. The first-order chi connectivity index (χ1) is 9.64. The number of ether oxygens (including phenoxy) is 2. The fourth-order valence-electron chi connectivity index (χ4n) is 1.35. The monoisotopic (exact) mass is 316 g/mol. The molecule has 0 aromatic heterocycles. The van der Waals surface area contributed by atoms with Crippen molar-refractivity contribution < 1.29 is 22.7 Å². The number of amides is 1. The van der Waals surface area contributed by atoms with Gasteiger partial charge in [0, 0.05) is 0 Å². The van der Waals surface area contributed by atoms with E-state index in [0.717, 1.165) is 0 Å². The molecular formula is C13H20N2O5S. The Morgan fingerprint density at radius 2 is 1.76 bits per heavy atom. The van der Waals surface area contributed by atoms with Gasteiger partial charge in [-0.3, -0.25) is 0 Å². The van der Waals surface area contributed by atoms with Crippen molar-refractivity contribution in [3.63, 3.8) is 0 Å². The van der Waals surface area contributed by atoms with Crippen molar-refractivity contribution in [2.75, 3.05) is 6.61 Å². The van der Waals surface area contributed by atoms with Crippen LogP contribution in [0.15, 0.2) is 29.2 Å². The molecule has 8 heteroatoms. The van der Waals surface area contributed by atoms with Crippen LogP contribution in [0.25, 0.3) is 0 Å². The smallest absolute Gasteiger partial charge is 0.423 e. The van der Waals surface area contributed by atoms with E-state index in [1.165, 1.54) is 24.3 Å². The quantitative estimate of drug-likeness (QED) is 0.808. The van der Waals surface area contributed by atoms with Crippen LogP contribution in [0.3, 0.4) is 0 Å². The van der Waals surface area contributed by atoms with Crippen molar-refractivity contribution in [2.24, 2.45) is 0 Å². The van der Waals surface area contributed by atoms with Gasteiger partial charge >= 0.3 is 6.09 Å². The van der Waals surface area contributed by atoms with Crippen LogP contribution < -0.4 is 15.0 Å². The standard InChI is InChI=1S/C13H20N2O5S/c1-5-19-10-6-8-11(9-7-10)21(17,18)15-14-12(16)20-13(2,3)4/h6-9,15H,5H2,1-4H3,(H,14,16). The highest BCUT2D eigenvalue weighted by Gasteiger charge is 2.19. The van der Waals surface area contributed by atoms with E-state index >= 15 is 0 Å². The Morgan fingerprint density at radius 3 is 2.24 bits per heavy atom. The summed E-state index contributed by atoms with van der Waals surface area (Å²) in [5.41, 5.74) is 1.27. The van der Waals surface area contributed by atoms with E-state index in [1.807, 2.05) is 17.2 Å². The normalized spacial score (nSPS) is 11.8. The summed E-state index contributed by atoms with van der Waals surface area (Å²) in [6.45, 7) is 7.34. The number of hydrazine groups is 1. The van der Waals surface area contributed by atoms with Crippen LogP contribution >= 0.6 is 0 Å². The summed E-state index contributed by atoms with van der Waals surface area (Å²) in [5.74, 6) is 0.566. The molecular weight excluding hydrogens is 296 g/mol. The first kappa shape index (κ1) is 17.3. The van der Waals surface area contributed by atoms with Crippen molar-refractivity contribution in [3.05, 3.63) is 24.3 Å². The number of carbonyl (C=O) groups excluding carboxylic acids is 1. The lowest BCUT2D eigenvalue weighted by Gasteiger charge is -2.19. The second-order valence-electron chi connectivity index (χ2n) is 5.14. The number of rotatable bonds is 5. The second kappa shape index (κ2) is 6.77. The van der Waals surface area contributed by atoms with Gasteiger partial charge in [-0.2, -0.15) is 0 Å². The van der Waals surface area contributed by atoms with Gasteiger partial charge in [-0.15, -0.1) is 4.83 Å². The van der Waals surface area contributed by atoms with E-state index in [9.17, 15) is 13.2 Å². The number of hydrogen-bond donors (Lipinski definition) is 2. The van der Waals surface area contributed by atoms with Crippen LogP contribution in [0.4, 0.5) is 4.79 Å². The lowest BCUT2D eigenvalue weighted by molar-refractivity contribution is 0.0515. The van der Waals surface area contributed by atoms with Gasteiger partial charge in [-0.1, -0.05) is 0 Å². The maximum atomic E-state index is 11.9. The van der Waals surface area contributed by atoms with Gasteiger partial charge in [-0.05, 0) is 52.0 Å². The minimum Gasteiger partial charge on any atom is -0.494 e. The largest absolute Gasteiger partial charge is 0.494 e. The highest BCUT2D eigenvalue weighted by molar-refractivity contribution is 7.89. The van der Waals surface area contributed by atoms with Crippen molar-refractivity contribution >= 4 is 16.1 Å². The molecule has 0 spiro atoms. The number of hydrogen-bond acceptors (Lipinski definition) is 5. The molecule has 0 bridgehead atoms. The zero-order valence-electron chi connectivity index (χ0n) is 12.5. The molecule has 0 aliphatic rings. The highest BCUT2D eigenvalue weighted by Crippen LogP contribution is 2.15. The van der Waals surface area contributed by atoms with Gasteiger partial charge in [0.25, 0.3) is 10.0 Å². The summed E-state index contributed by atoms with van der Waals surface area (Å²) >= 11 is 0. The van der Waals surface area contributed by atoms with Crippen LogP contribution in [-0.4, -0.2) is 26.7 Å². The Bertz CT molecular complexity index is 576. The third-order valence-electron chi connectivity index (χ3n) is 2.13. The average molecular weight is 316 g/mol. The molecule has 0 aliphatic carbocycles. The Hall–Kier alpha value is -1.80. The minimum absolute atomic E-state index is 0.00186. The van der Waals surface area contributed by atoms with Crippen molar-refractivity contribution in [1.82, 2.24) is 10.3 Å². The number of sulfonamides is 1. The van der Waals surface area contributed by atoms with Crippen molar-refractivity contribution in [1.29, 1.82) is 0 Å². The molecule has 21 heavy (non-hydrogen) atoms. The fraction of sp³-hybridized carbons (Fsp3) is 0.462. The van der Waals surface area contributed by atoms with E-state index in [-0.39, 0.29) is 4.90 Å². The summed E-state index contributed by atoms with van der Waals surface area (Å²) in [5, 5.41) is 0. The Labute approximate surface area is 124 Å². The summed E-state index contributed by atoms with van der Waals surface area (Å²) in [4.78, 5) is 13.4. The average Bonchev–Trinajstić information content (AvgIpc) is 2.36. The molecule has 0 fully saturated rings. The number of nitrogens with one attached hydrogen (secondary N) is 2. The highest BCUT2D eigenvalue weighted by atomic mass is 32.2. The first-order valence-electron chi connectivity index (χ1n) is 6.38. The fourth-order valence-corrected chi connectivity index (χ4v) is 2.18. The lowest BCUT2D eigenvalue weighted by Crippen LogP contribution is -2.44. The lowest BCUT2D eigenvalue weighted by atomic mass is 10.2. The van der Waals surface area contributed by atoms with Gasteiger partial charge in [-0.25, -0.2) is 18.6 Å². The number of benzene rings is 1. The Kier molecular flexibility index (Phi) is 5.56. The van der Waals surface area contributed by atoms with E-state index < -0.39 is 21.7 Å². The molecule has 0 radical (unpaired) electrons. The summed E-state index contributed by atoms with van der Waals surface area (Å²) < 4.78 is 34.0. The van der Waals surface area contributed by atoms with Crippen molar-refractivity contribution in [2.45, 2.75) is 38.2 Å². The van der Waals surface area contributed by atoms with Gasteiger partial charge in [0.15, 0.2) is 0 Å². The molecule has 118 valence electrons. The van der Waals surface area contributed by atoms with E-state index in [4.69, 9.17) is 9.47 Å². The minimum atomic E-state index is -3.86. The van der Waals surface area contributed by atoms with Crippen molar-refractivity contribution in [3.8, 4) is 5.75 Å². The maximum Gasteiger partial charge on any atom is 0.423 e. The van der Waals surface area contributed by atoms with Gasteiger partial charge in [0.1, 0.15) is 11.4 Å². The zero-order valence-corrected chi connectivity index (χ0v) is 13.3. The molecule has 0 unspecified atom stereocenters. The molecule has 0 heterocycles. The molecule has 1 aromatic carbocycles. The predicted molar refractivity (Wildman–Crippen MR) is 77.3 cm³/mol. The molecule has 0 saturated heterocycles. The molecule has 1 aromatic rings. The first-order valence-corrected chi connectivity index (χ1v) is 7.86. The van der Waals surface area contributed by atoms with E-state index in [1.54, 1.807) is 20.8 Å². The Balaban J connectivity index is 2.67. The maximum absolute atomic E-state index is 11.9. The molecule has 0 saturated carbocycles. The number of carbonyl (C=O) groups is 1. The predicted octanol–water partition coefficient (Wildman–Crippen LogP) is 1.80. The van der Waals surface area contributed by atoms with Crippen LogP contribution in [0.1, 0.15) is 27.7 Å². The third-order valence-corrected chi connectivity index (χ3v) is 3.39. The molecule has 1 rings (SSSR count). The van der Waals surface area contributed by atoms with Gasteiger partial charge < -0.3 is 9.47 Å².